The summed E-state index contributed by atoms with van der Waals surface area (Å²) in [4.78, 5) is 35.6. The number of pyridine rings is 1. The summed E-state index contributed by atoms with van der Waals surface area (Å²) in [5.41, 5.74) is 5.44. The minimum atomic E-state index is -0.101. The number of anilines is 1. The zero-order valence-corrected chi connectivity index (χ0v) is 24.6. The van der Waals surface area contributed by atoms with Gasteiger partial charge in [0.15, 0.2) is 11.5 Å². The summed E-state index contributed by atoms with van der Waals surface area (Å²) in [7, 11) is 1.64. The van der Waals surface area contributed by atoms with Gasteiger partial charge in [0.1, 0.15) is 0 Å². The number of hydrogen-bond acceptors (Lipinski definition) is 7. The van der Waals surface area contributed by atoms with Crippen LogP contribution in [0.3, 0.4) is 0 Å². The molecular weight excluding hydrogens is 532 g/mol. The van der Waals surface area contributed by atoms with Crippen molar-refractivity contribution in [3.05, 3.63) is 76.6 Å². The first-order valence-corrected chi connectivity index (χ1v) is 14.6. The number of para-hydroxylation sites is 1. The Labute approximate surface area is 245 Å². The molecule has 4 aromatic rings. The third-order valence-electron chi connectivity index (χ3n) is 8.46. The van der Waals surface area contributed by atoms with Gasteiger partial charge >= 0.3 is 0 Å². The van der Waals surface area contributed by atoms with E-state index in [1.807, 2.05) is 66.1 Å². The lowest BCUT2D eigenvalue weighted by atomic mass is 9.87. The summed E-state index contributed by atoms with van der Waals surface area (Å²) < 4.78 is 17.2. The lowest BCUT2D eigenvalue weighted by molar-refractivity contribution is -0.117. The minimum absolute atomic E-state index is 0.00608. The smallest absolute Gasteiger partial charge is 0.258 e. The molecule has 2 aliphatic rings. The molecule has 0 spiro atoms. The van der Waals surface area contributed by atoms with Gasteiger partial charge in [-0.05, 0) is 74.9 Å². The zero-order chi connectivity index (χ0) is 29.4. The van der Waals surface area contributed by atoms with Crippen LogP contribution in [0.1, 0.15) is 65.0 Å². The van der Waals surface area contributed by atoms with Crippen molar-refractivity contribution in [2.75, 3.05) is 31.7 Å². The molecule has 218 valence electrons. The molecular formula is C33H36N4O5. The number of hydrogen-bond donors (Lipinski definition) is 0. The lowest BCUT2D eigenvalue weighted by Crippen LogP contribution is -2.41. The predicted octanol–water partition coefficient (Wildman–Crippen LogP) is 5.61. The predicted molar refractivity (Wildman–Crippen MR) is 159 cm³/mol. The number of carbonyl (C=O) groups is 2. The maximum Gasteiger partial charge on any atom is 0.258 e. The van der Waals surface area contributed by atoms with Crippen LogP contribution < -0.4 is 14.4 Å². The highest BCUT2D eigenvalue weighted by molar-refractivity contribution is 6.06. The molecule has 0 N–H and O–H groups in total. The molecule has 2 aromatic heterocycles. The van der Waals surface area contributed by atoms with Gasteiger partial charge in [-0.25, -0.2) is 4.98 Å². The second kappa shape index (κ2) is 11.5. The molecule has 0 fully saturated rings. The maximum atomic E-state index is 14.2. The van der Waals surface area contributed by atoms with Crippen LogP contribution in [0.5, 0.6) is 11.5 Å². The number of ether oxygens (including phenoxy) is 2. The molecule has 0 saturated heterocycles. The number of rotatable bonds is 2. The van der Waals surface area contributed by atoms with Crippen LogP contribution >= 0.6 is 0 Å². The van der Waals surface area contributed by atoms with E-state index in [0.717, 1.165) is 29.7 Å². The van der Waals surface area contributed by atoms with E-state index in [1.165, 1.54) is 0 Å². The van der Waals surface area contributed by atoms with Crippen molar-refractivity contribution in [2.24, 2.45) is 0 Å². The number of methoxy groups -OCH3 is 1. The first-order valence-electron chi connectivity index (χ1n) is 14.6. The van der Waals surface area contributed by atoms with Crippen LogP contribution in [0.15, 0.2) is 53.1 Å². The Morgan fingerprint density at radius 1 is 1.05 bits per heavy atom. The molecule has 4 heterocycles. The minimum Gasteiger partial charge on any atom is -0.493 e. The molecule has 0 radical (unpaired) electrons. The van der Waals surface area contributed by atoms with Crippen molar-refractivity contribution in [1.82, 2.24) is 15.0 Å². The van der Waals surface area contributed by atoms with Crippen LogP contribution in [-0.4, -0.2) is 59.7 Å². The highest BCUT2D eigenvalue weighted by Gasteiger charge is 2.40. The molecule has 9 heteroatoms. The molecule has 0 unspecified atom stereocenters. The Kier molecular flexibility index (Phi) is 7.58. The van der Waals surface area contributed by atoms with Crippen molar-refractivity contribution in [2.45, 2.75) is 58.4 Å². The fraction of sp³-hybridized carbons (Fsp3) is 0.394. The fourth-order valence-corrected chi connectivity index (χ4v) is 6.53. The van der Waals surface area contributed by atoms with E-state index in [1.54, 1.807) is 14.0 Å². The van der Waals surface area contributed by atoms with E-state index in [0.29, 0.717) is 72.1 Å². The molecule has 2 aromatic carbocycles. The van der Waals surface area contributed by atoms with Crippen LogP contribution in [0.25, 0.3) is 11.1 Å². The number of aromatic nitrogens is 2. The van der Waals surface area contributed by atoms with Crippen LogP contribution in [0.4, 0.5) is 5.69 Å². The lowest BCUT2D eigenvalue weighted by Gasteiger charge is -2.31. The third kappa shape index (κ3) is 5.08. The first kappa shape index (κ1) is 27.8. The number of amides is 2. The van der Waals surface area contributed by atoms with Gasteiger partial charge in [-0.15, -0.1) is 0 Å². The van der Waals surface area contributed by atoms with E-state index in [-0.39, 0.29) is 23.8 Å². The standard InChI is InChI=1S/C33H36N4O5/c1-20-17-26(31-21(2)35-42-32(31)34-20)33(39)36-14-7-8-16-41-30-19-23(11-12-29(30)40-4)18-28-25(13-15-36)24-9-5-6-10-27(24)37(28)22(3)38/h5-6,9-12,17,19,25,28H,7-8,13-16,18H2,1-4H3/t25-,28-/m1/s1. The Morgan fingerprint density at radius 2 is 1.88 bits per heavy atom. The Morgan fingerprint density at radius 3 is 2.69 bits per heavy atom. The number of nitrogens with zero attached hydrogens (tertiary/aromatic N) is 4. The second-order valence-electron chi connectivity index (χ2n) is 11.2. The molecule has 0 saturated carbocycles. The van der Waals surface area contributed by atoms with Crippen LogP contribution in [0, 0.1) is 13.8 Å². The first-order chi connectivity index (χ1) is 20.4. The maximum absolute atomic E-state index is 14.2. The van der Waals surface area contributed by atoms with Crippen molar-refractivity contribution < 1.29 is 23.6 Å². The average Bonchev–Trinajstić information content (AvgIpc) is 3.50. The molecule has 0 aliphatic carbocycles. The number of carbonyl (C=O) groups excluding carboxylic acids is 2. The van der Waals surface area contributed by atoms with Gasteiger partial charge in [-0.1, -0.05) is 29.4 Å². The van der Waals surface area contributed by atoms with Gasteiger partial charge < -0.3 is 23.8 Å². The van der Waals surface area contributed by atoms with Gasteiger partial charge in [0.2, 0.25) is 5.91 Å². The fourth-order valence-electron chi connectivity index (χ4n) is 6.53. The van der Waals surface area contributed by atoms with Crippen molar-refractivity contribution in [3.8, 4) is 11.5 Å². The molecule has 2 bridgehead atoms. The van der Waals surface area contributed by atoms with Gasteiger partial charge in [-0.3, -0.25) is 9.59 Å². The summed E-state index contributed by atoms with van der Waals surface area (Å²) >= 11 is 0. The van der Waals surface area contributed by atoms with E-state index in [9.17, 15) is 9.59 Å². The largest absolute Gasteiger partial charge is 0.493 e. The SMILES string of the molecule is COc1ccc2cc1OCCCCN(C(=O)c1cc(C)nc3onc(C)c13)CC[C@@H]1c3ccccc3N(C(C)=O)[C@@H]1C2. The van der Waals surface area contributed by atoms with Crippen LogP contribution in [-0.2, 0) is 11.2 Å². The summed E-state index contributed by atoms with van der Waals surface area (Å²) in [6.07, 6.45) is 2.92. The van der Waals surface area contributed by atoms with Crippen molar-refractivity contribution in [3.63, 3.8) is 0 Å². The van der Waals surface area contributed by atoms with E-state index >= 15 is 0 Å². The normalized spacial score (nSPS) is 19.0. The summed E-state index contributed by atoms with van der Waals surface area (Å²) in [6.45, 7) is 6.93. The second-order valence-corrected chi connectivity index (χ2v) is 11.2. The van der Waals surface area contributed by atoms with Gasteiger partial charge in [-0.2, -0.15) is 0 Å². The Hall–Kier alpha value is -4.40. The topological polar surface area (TPSA) is 98.0 Å². The van der Waals surface area contributed by atoms with Crippen molar-refractivity contribution >= 4 is 28.6 Å². The summed E-state index contributed by atoms with van der Waals surface area (Å²) in [5, 5.41) is 4.73. The summed E-state index contributed by atoms with van der Waals surface area (Å²) in [5.74, 6) is 1.36. The Balaban J connectivity index is 1.39. The molecule has 42 heavy (non-hydrogen) atoms. The summed E-state index contributed by atoms with van der Waals surface area (Å²) in [6, 6.07) is 15.9. The molecule has 2 atom stereocenters. The van der Waals surface area contributed by atoms with Crippen LogP contribution in [0.2, 0.25) is 0 Å². The quantitative estimate of drug-likeness (QED) is 0.310. The third-order valence-corrected chi connectivity index (χ3v) is 8.46. The van der Waals surface area contributed by atoms with Gasteiger partial charge in [0, 0.05) is 43.4 Å². The van der Waals surface area contributed by atoms with Gasteiger partial charge in [0.05, 0.1) is 30.4 Å². The number of benzene rings is 2. The number of aryl methyl sites for hydroxylation is 2. The van der Waals surface area contributed by atoms with Crippen molar-refractivity contribution in [1.29, 1.82) is 0 Å². The highest BCUT2D eigenvalue weighted by atomic mass is 16.5. The molecule has 9 nitrogen and oxygen atoms in total. The van der Waals surface area contributed by atoms with E-state index in [2.05, 4.69) is 16.2 Å². The Bertz CT molecular complexity index is 1650. The van der Waals surface area contributed by atoms with Gasteiger partial charge in [0.25, 0.3) is 11.6 Å². The molecule has 2 amide bonds. The number of fused-ring (bicyclic) bond motifs is 6. The molecule has 6 rings (SSSR count). The van der Waals surface area contributed by atoms with E-state index < -0.39 is 0 Å². The highest BCUT2D eigenvalue weighted by Crippen LogP contribution is 2.45. The molecule has 2 aliphatic heterocycles. The zero-order valence-electron chi connectivity index (χ0n) is 24.6. The monoisotopic (exact) mass is 568 g/mol. The van der Waals surface area contributed by atoms with E-state index in [4.69, 9.17) is 14.0 Å². The average molecular weight is 569 g/mol.